The Morgan fingerprint density at radius 3 is 2.56 bits per heavy atom. The van der Waals surface area contributed by atoms with Crippen LogP contribution in [0.5, 0.6) is 0 Å². The average molecular weight is 328 g/mol. The summed E-state index contributed by atoms with van der Waals surface area (Å²) in [5.41, 5.74) is 4.66. The minimum Gasteiger partial charge on any atom is -0.348 e. The minimum absolute atomic E-state index is 0.0927. The lowest BCUT2D eigenvalue weighted by atomic mass is 10.0. The first kappa shape index (κ1) is 15.1. The van der Waals surface area contributed by atoms with Crippen molar-refractivity contribution < 1.29 is 4.79 Å². The van der Waals surface area contributed by atoms with Crippen LogP contribution in [-0.2, 0) is 6.54 Å². The van der Waals surface area contributed by atoms with E-state index < -0.39 is 0 Å². The second kappa shape index (κ2) is 6.57. The van der Waals surface area contributed by atoms with Crippen LogP contribution in [0.15, 0.2) is 73.3 Å². The van der Waals surface area contributed by atoms with Crippen LogP contribution >= 0.6 is 0 Å². The summed E-state index contributed by atoms with van der Waals surface area (Å²) < 4.78 is 0. The molecule has 3 aromatic heterocycles. The standard InChI is InChI=1S/C20H16N4O/c25-20(24-13-14-5-9-21-10-6-14)16-3-1-15(2-4-16)17-7-11-22-19-18(17)8-12-23-19/h1-12H,13H2,(H,22,23)(H,24,25). The summed E-state index contributed by atoms with van der Waals surface area (Å²) in [4.78, 5) is 23.7. The summed E-state index contributed by atoms with van der Waals surface area (Å²) in [5.74, 6) is -0.0927. The molecule has 0 saturated heterocycles. The van der Waals surface area contributed by atoms with E-state index in [0.717, 1.165) is 27.7 Å². The average Bonchev–Trinajstić information content (AvgIpc) is 3.16. The van der Waals surface area contributed by atoms with Gasteiger partial charge >= 0.3 is 0 Å². The fourth-order valence-corrected chi connectivity index (χ4v) is 2.80. The maximum absolute atomic E-state index is 12.3. The number of nitrogens with one attached hydrogen (secondary N) is 2. The highest BCUT2D eigenvalue weighted by Crippen LogP contribution is 2.27. The van der Waals surface area contributed by atoms with Crippen molar-refractivity contribution in [2.45, 2.75) is 6.54 Å². The van der Waals surface area contributed by atoms with E-state index in [9.17, 15) is 4.79 Å². The summed E-state index contributed by atoms with van der Waals surface area (Å²) in [6.07, 6.45) is 7.09. The number of benzene rings is 1. The number of carbonyl (C=O) groups excluding carboxylic acids is 1. The van der Waals surface area contributed by atoms with E-state index in [1.54, 1.807) is 18.6 Å². The molecule has 25 heavy (non-hydrogen) atoms. The molecule has 3 heterocycles. The van der Waals surface area contributed by atoms with E-state index in [1.165, 1.54) is 0 Å². The third-order valence-corrected chi connectivity index (χ3v) is 4.12. The number of aromatic amines is 1. The van der Waals surface area contributed by atoms with Crippen LogP contribution in [0, 0.1) is 0 Å². The third kappa shape index (κ3) is 3.12. The smallest absolute Gasteiger partial charge is 0.251 e. The molecule has 0 spiro atoms. The molecule has 122 valence electrons. The van der Waals surface area contributed by atoms with E-state index in [1.807, 2.05) is 54.7 Å². The quantitative estimate of drug-likeness (QED) is 0.602. The first-order valence-electron chi connectivity index (χ1n) is 8.01. The van der Waals surface area contributed by atoms with Gasteiger partial charge < -0.3 is 10.3 Å². The van der Waals surface area contributed by atoms with Crippen LogP contribution in [0.4, 0.5) is 0 Å². The van der Waals surface area contributed by atoms with Crippen LogP contribution < -0.4 is 5.32 Å². The van der Waals surface area contributed by atoms with Gasteiger partial charge in [0.1, 0.15) is 5.65 Å². The lowest BCUT2D eigenvalue weighted by Crippen LogP contribution is -2.22. The predicted molar refractivity (Wildman–Crippen MR) is 96.9 cm³/mol. The fraction of sp³-hybridized carbons (Fsp3) is 0.0500. The number of amides is 1. The van der Waals surface area contributed by atoms with Crippen molar-refractivity contribution in [3.8, 4) is 11.1 Å². The Hall–Kier alpha value is -3.47. The van der Waals surface area contributed by atoms with Crippen LogP contribution in [0.1, 0.15) is 15.9 Å². The van der Waals surface area contributed by atoms with E-state index in [0.29, 0.717) is 12.1 Å². The highest BCUT2D eigenvalue weighted by molar-refractivity contribution is 5.96. The Kier molecular flexibility index (Phi) is 3.96. The van der Waals surface area contributed by atoms with Crippen molar-refractivity contribution in [1.82, 2.24) is 20.3 Å². The molecule has 0 unspecified atom stereocenters. The van der Waals surface area contributed by atoms with Crippen LogP contribution in [0.3, 0.4) is 0 Å². The zero-order valence-corrected chi connectivity index (χ0v) is 13.4. The molecule has 2 N–H and O–H groups in total. The Labute approximate surface area is 144 Å². The van der Waals surface area contributed by atoms with Crippen molar-refractivity contribution in [2.24, 2.45) is 0 Å². The summed E-state index contributed by atoms with van der Waals surface area (Å²) >= 11 is 0. The molecule has 1 aromatic carbocycles. The third-order valence-electron chi connectivity index (χ3n) is 4.12. The van der Waals surface area contributed by atoms with Crippen molar-refractivity contribution in [3.05, 3.63) is 84.4 Å². The van der Waals surface area contributed by atoms with Gasteiger partial charge in [0.2, 0.25) is 0 Å². The maximum atomic E-state index is 12.3. The molecule has 1 amide bonds. The number of carbonyl (C=O) groups is 1. The number of pyridine rings is 2. The van der Waals surface area contributed by atoms with Crippen LogP contribution in [0.25, 0.3) is 22.2 Å². The van der Waals surface area contributed by atoms with E-state index in [2.05, 4.69) is 20.3 Å². The number of hydrogen-bond acceptors (Lipinski definition) is 3. The Balaban J connectivity index is 1.52. The first-order valence-corrected chi connectivity index (χ1v) is 8.01. The molecule has 0 saturated carbocycles. The Morgan fingerprint density at radius 2 is 1.76 bits per heavy atom. The second-order valence-corrected chi connectivity index (χ2v) is 5.71. The molecule has 4 aromatic rings. The monoisotopic (exact) mass is 328 g/mol. The first-order chi connectivity index (χ1) is 12.3. The van der Waals surface area contributed by atoms with Gasteiger partial charge in [0.25, 0.3) is 5.91 Å². The Bertz CT molecular complexity index is 1010. The molecule has 5 heteroatoms. The second-order valence-electron chi connectivity index (χ2n) is 5.71. The van der Waals surface area contributed by atoms with Crippen molar-refractivity contribution in [1.29, 1.82) is 0 Å². The molecule has 4 rings (SSSR count). The maximum Gasteiger partial charge on any atom is 0.251 e. The molecular formula is C20H16N4O. The summed E-state index contributed by atoms with van der Waals surface area (Å²) in [5, 5.41) is 3.99. The highest BCUT2D eigenvalue weighted by atomic mass is 16.1. The summed E-state index contributed by atoms with van der Waals surface area (Å²) in [7, 11) is 0. The number of H-pyrrole nitrogens is 1. The van der Waals surface area contributed by atoms with E-state index >= 15 is 0 Å². The number of hydrogen-bond donors (Lipinski definition) is 2. The van der Waals surface area contributed by atoms with Gasteiger partial charge in [0, 0.05) is 42.3 Å². The van der Waals surface area contributed by atoms with Gasteiger partial charge in [-0.25, -0.2) is 4.98 Å². The molecule has 5 nitrogen and oxygen atoms in total. The van der Waals surface area contributed by atoms with E-state index in [-0.39, 0.29) is 5.91 Å². The molecule has 0 bridgehead atoms. The molecular weight excluding hydrogens is 312 g/mol. The SMILES string of the molecule is O=C(NCc1ccncc1)c1ccc(-c2ccnc3[nH]ccc23)cc1. The van der Waals surface area contributed by atoms with Gasteiger partial charge in [-0.15, -0.1) is 0 Å². The minimum atomic E-state index is -0.0927. The number of aromatic nitrogens is 3. The Morgan fingerprint density at radius 1 is 0.960 bits per heavy atom. The zero-order chi connectivity index (χ0) is 17.1. The van der Waals surface area contributed by atoms with E-state index in [4.69, 9.17) is 0 Å². The number of fused-ring (bicyclic) bond motifs is 1. The molecule has 0 radical (unpaired) electrons. The van der Waals surface area contributed by atoms with Gasteiger partial charge in [0.05, 0.1) is 0 Å². The number of rotatable bonds is 4. The molecule has 0 fully saturated rings. The summed E-state index contributed by atoms with van der Waals surface area (Å²) in [6.45, 7) is 0.484. The zero-order valence-electron chi connectivity index (χ0n) is 13.4. The van der Waals surface area contributed by atoms with Gasteiger partial charge in [-0.05, 0) is 53.1 Å². The lowest BCUT2D eigenvalue weighted by Gasteiger charge is -2.07. The fourth-order valence-electron chi connectivity index (χ4n) is 2.80. The molecule has 0 aliphatic carbocycles. The van der Waals surface area contributed by atoms with Crippen LogP contribution in [-0.4, -0.2) is 20.9 Å². The molecule has 0 aliphatic rings. The lowest BCUT2D eigenvalue weighted by molar-refractivity contribution is 0.0951. The molecule has 0 atom stereocenters. The van der Waals surface area contributed by atoms with Crippen molar-refractivity contribution >= 4 is 16.9 Å². The normalized spacial score (nSPS) is 10.7. The van der Waals surface area contributed by atoms with Gasteiger partial charge in [0.15, 0.2) is 0 Å². The highest BCUT2D eigenvalue weighted by Gasteiger charge is 2.08. The topological polar surface area (TPSA) is 70.7 Å². The van der Waals surface area contributed by atoms with Gasteiger partial charge in [-0.1, -0.05) is 12.1 Å². The largest absolute Gasteiger partial charge is 0.348 e. The van der Waals surface area contributed by atoms with Gasteiger partial charge in [-0.2, -0.15) is 0 Å². The number of nitrogens with zero attached hydrogens (tertiary/aromatic N) is 2. The van der Waals surface area contributed by atoms with Gasteiger partial charge in [-0.3, -0.25) is 9.78 Å². The van der Waals surface area contributed by atoms with Crippen LogP contribution in [0.2, 0.25) is 0 Å². The summed E-state index contributed by atoms with van der Waals surface area (Å²) in [6, 6.07) is 15.4. The van der Waals surface area contributed by atoms with Crippen molar-refractivity contribution in [3.63, 3.8) is 0 Å². The predicted octanol–water partition coefficient (Wildman–Crippen LogP) is 3.55. The molecule has 0 aliphatic heterocycles. The van der Waals surface area contributed by atoms with Crippen molar-refractivity contribution in [2.75, 3.05) is 0 Å².